The SMILES string of the molecule is C/C=C/C1CCC(COc2ccc(-c3ccc(OC(F)(F)COc4ccc(OCC)cc4)c(F)c3F)c(F)c2F)CC1. The maximum Gasteiger partial charge on any atom is 0.433 e. The number of alkyl halides is 2. The normalized spacial score (nSPS) is 17.3. The molecule has 0 aromatic heterocycles. The van der Waals surface area contributed by atoms with Gasteiger partial charge in [-0.3, -0.25) is 0 Å². The molecule has 0 bridgehead atoms. The number of hydrogen-bond donors (Lipinski definition) is 0. The van der Waals surface area contributed by atoms with Crippen molar-refractivity contribution in [1.29, 1.82) is 0 Å². The van der Waals surface area contributed by atoms with Crippen LogP contribution in [0.3, 0.4) is 0 Å². The maximum atomic E-state index is 14.9. The zero-order valence-corrected chi connectivity index (χ0v) is 23.3. The lowest BCUT2D eigenvalue weighted by atomic mass is 9.82. The van der Waals surface area contributed by atoms with Gasteiger partial charge >= 0.3 is 6.11 Å². The van der Waals surface area contributed by atoms with E-state index in [1.807, 2.05) is 13.0 Å². The quantitative estimate of drug-likeness (QED) is 0.155. The van der Waals surface area contributed by atoms with Crippen LogP contribution in [0, 0.1) is 35.1 Å². The van der Waals surface area contributed by atoms with Crippen LogP contribution in [0.5, 0.6) is 23.0 Å². The lowest BCUT2D eigenvalue weighted by molar-refractivity contribution is -0.196. The molecule has 1 aliphatic rings. The van der Waals surface area contributed by atoms with Crippen molar-refractivity contribution < 1.29 is 45.3 Å². The third-order valence-electron chi connectivity index (χ3n) is 7.02. The molecule has 1 fully saturated rings. The molecule has 4 nitrogen and oxygen atoms in total. The molecule has 3 aromatic rings. The third-order valence-corrected chi connectivity index (χ3v) is 7.02. The van der Waals surface area contributed by atoms with Crippen LogP contribution < -0.4 is 18.9 Å². The third kappa shape index (κ3) is 7.72. The van der Waals surface area contributed by atoms with Crippen LogP contribution in [0.25, 0.3) is 11.1 Å². The van der Waals surface area contributed by atoms with Crippen LogP contribution in [-0.2, 0) is 0 Å². The largest absolute Gasteiger partial charge is 0.494 e. The summed E-state index contributed by atoms with van der Waals surface area (Å²) in [5.41, 5.74) is -1.26. The molecule has 0 radical (unpaired) electrons. The van der Waals surface area contributed by atoms with Crippen LogP contribution in [0.4, 0.5) is 26.3 Å². The highest BCUT2D eigenvalue weighted by atomic mass is 19.3. The Morgan fingerprint density at radius 1 is 0.714 bits per heavy atom. The summed E-state index contributed by atoms with van der Waals surface area (Å²) in [7, 11) is 0. The standard InChI is InChI=1S/C32H32F6O4/c1-3-5-20-6-8-21(9-7-20)18-40-26-16-14-24(28(33)30(26)35)25-15-17-27(31(36)29(25)34)42-32(37,38)19-41-23-12-10-22(11-13-23)39-4-2/h3,5,10-17,20-21H,4,6-9,18-19H2,1-2H3/b5-3+. The second-order valence-electron chi connectivity index (χ2n) is 10.0. The van der Waals surface area contributed by atoms with Gasteiger partial charge < -0.3 is 18.9 Å². The summed E-state index contributed by atoms with van der Waals surface area (Å²) in [6.07, 6.45) is 3.89. The van der Waals surface area contributed by atoms with Crippen LogP contribution in [0.2, 0.25) is 0 Å². The van der Waals surface area contributed by atoms with E-state index in [0.717, 1.165) is 43.9 Å². The average molecular weight is 595 g/mol. The molecule has 226 valence electrons. The molecule has 0 heterocycles. The van der Waals surface area contributed by atoms with Crippen molar-refractivity contribution in [3.63, 3.8) is 0 Å². The Morgan fingerprint density at radius 2 is 1.26 bits per heavy atom. The predicted octanol–water partition coefficient (Wildman–Crippen LogP) is 9.12. The monoisotopic (exact) mass is 594 g/mol. The molecule has 1 aliphatic carbocycles. The lowest BCUT2D eigenvalue weighted by Crippen LogP contribution is -2.33. The molecule has 0 atom stereocenters. The average Bonchev–Trinajstić information content (AvgIpc) is 2.97. The van der Waals surface area contributed by atoms with Gasteiger partial charge in [0, 0.05) is 11.1 Å². The first-order chi connectivity index (χ1) is 20.1. The number of hydrogen-bond acceptors (Lipinski definition) is 4. The van der Waals surface area contributed by atoms with Gasteiger partial charge in [-0.1, -0.05) is 12.2 Å². The molecule has 10 heteroatoms. The summed E-state index contributed by atoms with van der Waals surface area (Å²) in [5.74, 6) is -6.46. The summed E-state index contributed by atoms with van der Waals surface area (Å²) < 4.78 is 108. The Labute approximate surface area is 240 Å². The first kappa shape index (κ1) is 31.1. The second kappa shape index (κ2) is 13.9. The molecular weight excluding hydrogens is 562 g/mol. The molecular formula is C32H32F6O4. The fourth-order valence-corrected chi connectivity index (χ4v) is 4.85. The Morgan fingerprint density at radius 3 is 1.83 bits per heavy atom. The maximum absolute atomic E-state index is 14.9. The van der Waals surface area contributed by atoms with Crippen molar-refractivity contribution >= 4 is 0 Å². The molecule has 42 heavy (non-hydrogen) atoms. The van der Waals surface area contributed by atoms with E-state index in [-0.39, 0.29) is 24.0 Å². The zero-order valence-electron chi connectivity index (χ0n) is 23.3. The zero-order chi connectivity index (χ0) is 30.3. The van der Waals surface area contributed by atoms with E-state index in [2.05, 4.69) is 10.8 Å². The van der Waals surface area contributed by atoms with Crippen LogP contribution in [-0.4, -0.2) is 25.9 Å². The predicted molar refractivity (Wildman–Crippen MR) is 146 cm³/mol. The van der Waals surface area contributed by atoms with Gasteiger partial charge in [0.05, 0.1) is 13.2 Å². The number of ether oxygens (including phenoxy) is 4. The molecule has 0 saturated heterocycles. The van der Waals surface area contributed by atoms with Crippen molar-refractivity contribution in [3.05, 3.63) is 84.0 Å². The van der Waals surface area contributed by atoms with Gasteiger partial charge in [-0.2, -0.15) is 17.6 Å². The smallest absolute Gasteiger partial charge is 0.433 e. The fraction of sp³-hybridized carbons (Fsp3) is 0.375. The Hall–Kier alpha value is -3.82. The van der Waals surface area contributed by atoms with Crippen molar-refractivity contribution in [2.45, 2.75) is 45.6 Å². The van der Waals surface area contributed by atoms with Crippen LogP contribution in [0.1, 0.15) is 39.5 Å². The number of halogens is 6. The minimum absolute atomic E-state index is 0.0745. The van der Waals surface area contributed by atoms with Crippen LogP contribution >= 0.6 is 0 Å². The van der Waals surface area contributed by atoms with Gasteiger partial charge in [0.25, 0.3) is 0 Å². The van der Waals surface area contributed by atoms with E-state index in [9.17, 15) is 26.3 Å². The van der Waals surface area contributed by atoms with E-state index in [1.165, 1.54) is 24.3 Å². The lowest BCUT2D eigenvalue weighted by Gasteiger charge is -2.26. The molecule has 1 saturated carbocycles. The minimum Gasteiger partial charge on any atom is -0.494 e. The van der Waals surface area contributed by atoms with E-state index in [4.69, 9.17) is 14.2 Å². The highest BCUT2D eigenvalue weighted by Gasteiger charge is 2.35. The van der Waals surface area contributed by atoms with Gasteiger partial charge in [0.1, 0.15) is 11.5 Å². The summed E-state index contributed by atoms with van der Waals surface area (Å²) >= 11 is 0. The van der Waals surface area contributed by atoms with Crippen LogP contribution in [0.15, 0.2) is 60.7 Å². The summed E-state index contributed by atoms with van der Waals surface area (Å²) in [6.45, 7) is 3.08. The van der Waals surface area contributed by atoms with Crippen molar-refractivity contribution in [1.82, 2.24) is 0 Å². The molecule has 0 N–H and O–H groups in total. The van der Waals surface area contributed by atoms with Gasteiger partial charge in [-0.05, 0) is 99.9 Å². The van der Waals surface area contributed by atoms with E-state index < -0.39 is 52.9 Å². The summed E-state index contributed by atoms with van der Waals surface area (Å²) in [4.78, 5) is 0. The van der Waals surface area contributed by atoms with E-state index >= 15 is 0 Å². The molecule has 3 aromatic carbocycles. The second-order valence-corrected chi connectivity index (χ2v) is 10.0. The Balaban J connectivity index is 1.40. The molecule has 0 amide bonds. The highest BCUT2D eigenvalue weighted by Crippen LogP contribution is 2.37. The molecule has 4 rings (SSSR count). The van der Waals surface area contributed by atoms with Gasteiger partial charge in [0.2, 0.25) is 11.6 Å². The Bertz CT molecular complexity index is 1370. The number of allylic oxidation sites excluding steroid dienone is 2. The number of benzene rings is 3. The van der Waals surface area contributed by atoms with Crippen molar-refractivity contribution in [2.75, 3.05) is 19.8 Å². The topological polar surface area (TPSA) is 36.9 Å². The van der Waals surface area contributed by atoms with Gasteiger partial charge in [0.15, 0.2) is 29.7 Å². The van der Waals surface area contributed by atoms with Gasteiger partial charge in [-0.15, -0.1) is 0 Å². The fourth-order valence-electron chi connectivity index (χ4n) is 4.85. The molecule has 0 unspecified atom stereocenters. The summed E-state index contributed by atoms with van der Waals surface area (Å²) in [6, 6.07) is 9.56. The molecule has 0 aliphatic heterocycles. The highest BCUT2D eigenvalue weighted by molar-refractivity contribution is 5.67. The van der Waals surface area contributed by atoms with Crippen molar-refractivity contribution in [3.8, 4) is 34.1 Å². The van der Waals surface area contributed by atoms with E-state index in [1.54, 1.807) is 6.92 Å². The first-order valence-corrected chi connectivity index (χ1v) is 13.8. The minimum atomic E-state index is -4.05. The number of rotatable bonds is 12. The first-order valence-electron chi connectivity index (χ1n) is 13.8. The van der Waals surface area contributed by atoms with Gasteiger partial charge in [-0.25, -0.2) is 8.78 Å². The summed E-state index contributed by atoms with van der Waals surface area (Å²) in [5, 5.41) is 0. The molecule has 0 spiro atoms. The van der Waals surface area contributed by atoms with Crippen molar-refractivity contribution in [2.24, 2.45) is 11.8 Å². The Kier molecular flexibility index (Phi) is 10.3. The van der Waals surface area contributed by atoms with E-state index in [0.29, 0.717) is 24.3 Å².